The molecule has 0 heterocycles. The van der Waals surface area contributed by atoms with E-state index >= 15 is 0 Å². The minimum Gasteiger partial charge on any atom is -0.494 e. The number of likely N-dealkylation sites (N-methyl/N-ethyl adjacent to an activating group) is 1. The van der Waals surface area contributed by atoms with Gasteiger partial charge in [0.2, 0.25) is 5.91 Å². The Labute approximate surface area is 109 Å². The van der Waals surface area contributed by atoms with Crippen molar-refractivity contribution in [2.24, 2.45) is 5.73 Å². The number of rotatable bonds is 7. The quantitative estimate of drug-likeness (QED) is 0.749. The average molecular weight is 250 g/mol. The molecule has 0 spiro atoms. The number of hydrogen-bond acceptors (Lipinski definition) is 3. The molecule has 0 aliphatic heterocycles. The van der Waals surface area contributed by atoms with Crippen molar-refractivity contribution in [1.29, 1.82) is 0 Å². The van der Waals surface area contributed by atoms with Gasteiger partial charge < -0.3 is 15.4 Å². The third kappa shape index (κ3) is 4.75. The molecule has 100 valence electrons. The SMILES string of the molecule is CC[C@H](N)C(=O)N(C)CCCOc1ccccc1. The molecule has 0 saturated carbocycles. The first-order chi connectivity index (χ1) is 8.65. The second-order valence-electron chi connectivity index (χ2n) is 4.29. The largest absolute Gasteiger partial charge is 0.494 e. The van der Waals surface area contributed by atoms with Crippen molar-refractivity contribution >= 4 is 5.91 Å². The highest BCUT2D eigenvalue weighted by Gasteiger charge is 2.15. The van der Waals surface area contributed by atoms with E-state index in [0.717, 1.165) is 12.2 Å². The van der Waals surface area contributed by atoms with Gasteiger partial charge in [0.15, 0.2) is 0 Å². The number of hydrogen-bond donors (Lipinski definition) is 1. The van der Waals surface area contributed by atoms with Crippen LogP contribution in [0.5, 0.6) is 5.75 Å². The third-order valence-electron chi connectivity index (χ3n) is 2.78. The average Bonchev–Trinajstić information content (AvgIpc) is 2.42. The summed E-state index contributed by atoms with van der Waals surface area (Å²) in [5.74, 6) is 0.856. The van der Waals surface area contributed by atoms with Gasteiger partial charge in [-0.05, 0) is 25.0 Å². The Bertz CT molecular complexity index is 354. The predicted octanol–water partition coefficient (Wildman–Crippen LogP) is 1.65. The van der Waals surface area contributed by atoms with Crippen molar-refractivity contribution in [3.8, 4) is 5.75 Å². The fourth-order valence-corrected chi connectivity index (χ4v) is 1.58. The number of benzene rings is 1. The second-order valence-corrected chi connectivity index (χ2v) is 4.29. The minimum atomic E-state index is -0.384. The Kier molecular flexibility index (Phi) is 6.22. The maximum Gasteiger partial charge on any atom is 0.239 e. The van der Waals surface area contributed by atoms with Crippen LogP contribution in [0.25, 0.3) is 0 Å². The number of nitrogens with two attached hydrogens (primary N) is 1. The van der Waals surface area contributed by atoms with Gasteiger partial charge in [-0.15, -0.1) is 0 Å². The monoisotopic (exact) mass is 250 g/mol. The van der Waals surface area contributed by atoms with E-state index in [1.807, 2.05) is 37.3 Å². The molecule has 0 saturated heterocycles. The summed E-state index contributed by atoms with van der Waals surface area (Å²) in [5.41, 5.74) is 5.69. The molecule has 0 aromatic heterocycles. The van der Waals surface area contributed by atoms with Gasteiger partial charge in [-0.2, -0.15) is 0 Å². The Morgan fingerprint density at radius 3 is 2.67 bits per heavy atom. The number of carbonyl (C=O) groups excluding carboxylic acids is 1. The summed E-state index contributed by atoms with van der Waals surface area (Å²) >= 11 is 0. The van der Waals surface area contributed by atoms with E-state index in [2.05, 4.69) is 0 Å². The van der Waals surface area contributed by atoms with Gasteiger partial charge in [-0.3, -0.25) is 4.79 Å². The van der Waals surface area contributed by atoms with E-state index in [9.17, 15) is 4.79 Å². The smallest absolute Gasteiger partial charge is 0.239 e. The molecule has 18 heavy (non-hydrogen) atoms. The standard InChI is InChI=1S/C14H22N2O2/c1-3-13(15)14(17)16(2)10-7-11-18-12-8-5-4-6-9-12/h4-6,8-9,13H,3,7,10-11,15H2,1-2H3/t13-/m0/s1. The van der Waals surface area contributed by atoms with Gasteiger partial charge >= 0.3 is 0 Å². The molecular weight excluding hydrogens is 228 g/mol. The topological polar surface area (TPSA) is 55.6 Å². The summed E-state index contributed by atoms with van der Waals surface area (Å²) in [5, 5.41) is 0. The van der Waals surface area contributed by atoms with Crippen molar-refractivity contribution in [2.75, 3.05) is 20.2 Å². The fraction of sp³-hybridized carbons (Fsp3) is 0.500. The molecule has 1 atom stereocenters. The molecule has 0 unspecified atom stereocenters. The van der Waals surface area contributed by atoms with Crippen LogP contribution >= 0.6 is 0 Å². The van der Waals surface area contributed by atoms with Crippen molar-refractivity contribution < 1.29 is 9.53 Å². The molecule has 0 radical (unpaired) electrons. The summed E-state index contributed by atoms with van der Waals surface area (Å²) in [7, 11) is 1.78. The number of carbonyl (C=O) groups is 1. The lowest BCUT2D eigenvalue weighted by Crippen LogP contribution is -2.41. The number of amides is 1. The number of nitrogens with zero attached hydrogens (tertiary/aromatic N) is 1. The normalized spacial score (nSPS) is 11.9. The molecule has 0 bridgehead atoms. The molecule has 1 aromatic rings. The van der Waals surface area contributed by atoms with Crippen LogP contribution in [0.2, 0.25) is 0 Å². The Morgan fingerprint density at radius 2 is 2.06 bits per heavy atom. The fourth-order valence-electron chi connectivity index (χ4n) is 1.58. The maximum absolute atomic E-state index is 11.7. The van der Waals surface area contributed by atoms with E-state index in [1.54, 1.807) is 11.9 Å². The van der Waals surface area contributed by atoms with Crippen LogP contribution in [0.4, 0.5) is 0 Å². The Hall–Kier alpha value is -1.55. The maximum atomic E-state index is 11.7. The van der Waals surface area contributed by atoms with E-state index in [0.29, 0.717) is 19.6 Å². The van der Waals surface area contributed by atoms with Crippen LogP contribution in [0, 0.1) is 0 Å². The van der Waals surface area contributed by atoms with E-state index in [4.69, 9.17) is 10.5 Å². The van der Waals surface area contributed by atoms with Crippen LogP contribution in [0.1, 0.15) is 19.8 Å². The van der Waals surface area contributed by atoms with Crippen LogP contribution in [0.15, 0.2) is 30.3 Å². The molecule has 1 rings (SSSR count). The van der Waals surface area contributed by atoms with Crippen LogP contribution < -0.4 is 10.5 Å². The zero-order valence-corrected chi connectivity index (χ0v) is 11.1. The van der Waals surface area contributed by atoms with Crippen LogP contribution in [0.3, 0.4) is 0 Å². The molecule has 4 nitrogen and oxygen atoms in total. The zero-order valence-electron chi connectivity index (χ0n) is 11.1. The van der Waals surface area contributed by atoms with Gasteiger partial charge in [-0.1, -0.05) is 25.1 Å². The van der Waals surface area contributed by atoms with Gasteiger partial charge in [0.1, 0.15) is 5.75 Å². The lowest BCUT2D eigenvalue weighted by molar-refractivity contribution is -0.131. The van der Waals surface area contributed by atoms with Crippen molar-refractivity contribution in [1.82, 2.24) is 4.90 Å². The second kappa shape index (κ2) is 7.71. The van der Waals surface area contributed by atoms with Crippen LogP contribution in [-0.2, 0) is 4.79 Å². The molecule has 0 fully saturated rings. The molecule has 1 aromatic carbocycles. The summed E-state index contributed by atoms with van der Waals surface area (Å²) in [6.07, 6.45) is 1.47. The number of para-hydroxylation sites is 1. The van der Waals surface area contributed by atoms with Gasteiger partial charge in [0.25, 0.3) is 0 Å². The van der Waals surface area contributed by atoms with Crippen molar-refractivity contribution in [2.45, 2.75) is 25.8 Å². The summed E-state index contributed by atoms with van der Waals surface area (Å²) in [4.78, 5) is 13.4. The Balaban J connectivity index is 2.20. The summed E-state index contributed by atoms with van der Waals surface area (Å²) in [6.45, 7) is 3.18. The van der Waals surface area contributed by atoms with Gasteiger partial charge in [-0.25, -0.2) is 0 Å². The molecule has 1 amide bonds. The first kappa shape index (κ1) is 14.5. The molecule has 0 aliphatic rings. The molecule has 2 N–H and O–H groups in total. The highest BCUT2D eigenvalue weighted by atomic mass is 16.5. The van der Waals surface area contributed by atoms with Crippen LogP contribution in [-0.4, -0.2) is 37.0 Å². The van der Waals surface area contributed by atoms with Gasteiger partial charge in [0.05, 0.1) is 12.6 Å². The molecular formula is C14H22N2O2. The third-order valence-corrected chi connectivity index (χ3v) is 2.78. The highest BCUT2D eigenvalue weighted by molar-refractivity contribution is 5.81. The van der Waals surface area contributed by atoms with Crippen molar-refractivity contribution in [3.63, 3.8) is 0 Å². The first-order valence-electron chi connectivity index (χ1n) is 6.33. The van der Waals surface area contributed by atoms with E-state index < -0.39 is 0 Å². The summed E-state index contributed by atoms with van der Waals surface area (Å²) in [6, 6.07) is 9.27. The highest BCUT2D eigenvalue weighted by Crippen LogP contribution is 2.08. The predicted molar refractivity (Wildman–Crippen MR) is 72.5 cm³/mol. The number of ether oxygens (including phenoxy) is 1. The summed E-state index contributed by atoms with van der Waals surface area (Å²) < 4.78 is 5.55. The lowest BCUT2D eigenvalue weighted by Gasteiger charge is -2.20. The Morgan fingerprint density at radius 1 is 1.39 bits per heavy atom. The van der Waals surface area contributed by atoms with Gasteiger partial charge in [0, 0.05) is 13.6 Å². The first-order valence-corrected chi connectivity index (χ1v) is 6.33. The molecule has 4 heteroatoms. The van der Waals surface area contributed by atoms with Crippen molar-refractivity contribution in [3.05, 3.63) is 30.3 Å². The van der Waals surface area contributed by atoms with E-state index in [-0.39, 0.29) is 11.9 Å². The minimum absolute atomic E-state index is 0.00258. The van der Waals surface area contributed by atoms with E-state index in [1.165, 1.54) is 0 Å². The lowest BCUT2D eigenvalue weighted by atomic mass is 10.2. The molecule has 0 aliphatic carbocycles. The zero-order chi connectivity index (χ0) is 13.4.